The summed E-state index contributed by atoms with van der Waals surface area (Å²) in [7, 11) is 0. The molecule has 6 atom stereocenters. The van der Waals surface area contributed by atoms with Gasteiger partial charge >= 0.3 is 18.6 Å². The Kier molecular flexibility index (Phi) is 8.64. The number of nitrogens with two attached hydrogens (primary N) is 1. The van der Waals surface area contributed by atoms with E-state index in [0.717, 1.165) is 18.2 Å². The van der Waals surface area contributed by atoms with Crippen molar-refractivity contribution in [3.63, 3.8) is 0 Å². The fraction of sp³-hybridized carbons (Fsp3) is 0.294. The number of allylic oxidation sites excluding steroid dienone is 2. The molecule has 3 aromatic rings. The molecule has 20 heteroatoms. The Morgan fingerprint density at radius 2 is 1.65 bits per heavy atom. The molecule has 282 valence electrons. The van der Waals surface area contributed by atoms with Gasteiger partial charge in [-0.3, -0.25) is 24.6 Å². The van der Waals surface area contributed by atoms with E-state index in [4.69, 9.17) is 28.9 Å². The number of imide groups is 4. The number of primary amides is 1. The summed E-state index contributed by atoms with van der Waals surface area (Å²) in [6.45, 7) is 0. The summed E-state index contributed by atoms with van der Waals surface area (Å²) in [4.78, 5) is 72.9. The van der Waals surface area contributed by atoms with Crippen molar-refractivity contribution in [3.8, 4) is 11.5 Å². The van der Waals surface area contributed by atoms with Crippen LogP contribution in [-0.2, 0) is 30.8 Å². The predicted molar refractivity (Wildman–Crippen MR) is 173 cm³/mol. The molecule has 1 saturated carbocycles. The van der Waals surface area contributed by atoms with Crippen molar-refractivity contribution >= 4 is 58.7 Å². The topological polar surface area (TPSA) is 172 Å². The van der Waals surface area contributed by atoms with Crippen molar-refractivity contribution in [2.75, 3.05) is 5.43 Å². The van der Waals surface area contributed by atoms with Gasteiger partial charge in [-0.15, -0.1) is 13.2 Å². The molecular weight excluding hydrogens is 775 g/mol. The molecular formula is C34H23Cl2F6N5O7. The number of rotatable bonds is 5. The number of halogens is 8. The Hall–Kier alpha value is -5.36. The first-order valence-corrected chi connectivity index (χ1v) is 16.6. The second-order valence-electron chi connectivity index (χ2n) is 13.0. The van der Waals surface area contributed by atoms with Crippen LogP contribution in [-0.4, -0.2) is 56.0 Å². The second-order valence-corrected chi connectivity index (χ2v) is 13.9. The fourth-order valence-electron chi connectivity index (χ4n) is 8.31. The SMILES string of the molecule is NC(=O)N1C(=O)C2CC=C3C(CC4C(=O)N(Nc5ncc(C(F)(F)F)cc5Cl)C(=O)C4(c4ccc(Cl)cc4)C3c3cc(OC(F)(F)F)ccc3O)C2C1=O. The van der Waals surface area contributed by atoms with Crippen molar-refractivity contribution in [1.29, 1.82) is 0 Å². The van der Waals surface area contributed by atoms with Crippen LogP contribution in [0.2, 0.25) is 10.0 Å². The van der Waals surface area contributed by atoms with Gasteiger partial charge in [0.15, 0.2) is 5.82 Å². The first kappa shape index (κ1) is 37.0. The maximum Gasteiger partial charge on any atom is 0.573 e. The third-order valence-corrected chi connectivity index (χ3v) is 10.9. The van der Waals surface area contributed by atoms with Gasteiger partial charge in [0.05, 0.1) is 33.8 Å². The quantitative estimate of drug-likeness (QED) is 0.157. The number of anilines is 1. The Morgan fingerprint density at radius 1 is 0.963 bits per heavy atom. The maximum absolute atomic E-state index is 15.1. The van der Waals surface area contributed by atoms with Crippen LogP contribution >= 0.6 is 23.2 Å². The number of fused-ring (bicyclic) bond motifs is 4. The molecule has 3 heterocycles. The van der Waals surface area contributed by atoms with Gasteiger partial charge in [0.2, 0.25) is 11.8 Å². The minimum absolute atomic E-state index is 0.0617. The number of carbonyl (C=O) groups excluding carboxylic acids is 5. The zero-order valence-electron chi connectivity index (χ0n) is 26.9. The molecule has 0 bridgehead atoms. The number of hydrazine groups is 1. The first-order chi connectivity index (χ1) is 25.2. The van der Waals surface area contributed by atoms with E-state index in [1.807, 2.05) is 0 Å². The zero-order chi connectivity index (χ0) is 39.2. The number of likely N-dealkylation sites (tertiary alicyclic amines) is 1. The van der Waals surface area contributed by atoms with Gasteiger partial charge in [-0.1, -0.05) is 47.0 Å². The smallest absolute Gasteiger partial charge is 0.508 e. The normalized spacial score (nSPS) is 26.7. The lowest BCUT2D eigenvalue weighted by atomic mass is 9.49. The minimum Gasteiger partial charge on any atom is -0.508 e. The largest absolute Gasteiger partial charge is 0.573 e. The Bertz CT molecular complexity index is 2180. The first-order valence-electron chi connectivity index (χ1n) is 15.8. The van der Waals surface area contributed by atoms with Crippen LogP contribution < -0.4 is 15.9 Å². The van der Waals surface area contributed by atoms with E-state index in [1.54, 1.807) is 0 Å². The fourth-order valence-corrected chi connectivity index (χ4v) is 8.64. The number of carbonyl (C=O) groups is 5. The zero-order valence-corrected chi connectivity index (χ0v) is 28.4. The second kappa shape index (κ2) is 12.6. The number of phenolic OH excluding ortho intramolecular Hbond substituents is 1. The summed E-state index contributed by atoms with van der Waals surface area (Å²) in [6, 6.07) is 7.12. The van der Waals surface area contributed by atoms with Gasteiger partial charge in [-0.25, -0.2) is 9.78 Å². The van der Waals surface area contributed by atoms with E-state index in [0.29, 0.717) is 17.3 Å². The minimum atomic E-state index is -5.21. The van der Waals surface area contributed by atoms with Crippen molar-refractivity contribution in [3.05, 3.63) is 93.1 Å². The van der Waals surface area contributed by atoms with Gasteiger partial charge in [-0.2, -0.15) is 23.1 Å². The molecule has 4 aliphatic rings. The number of pyridine rings is 1. The number of hydrogen-bond donors (Lipinski definition) is 3. The summed E-state index contributed by atoms with van der Waals surface area (Å²) in [5, 5.41) is 11.3. The highest BCUT2D eigenvalue weighted by Crippen LogP contribution is 2.65. The van der Waals surface area contributed by atoms with E-state index in [9.17, 15) is 50.6 Å². The molecule has 7 rings (SSSR count). The lowest BCUT2D eigenvalue weighted by molar-refractivity contribution is -0.274. The molecule has 0 spiro atoms. The molecule has 12 nitrogen and oxygen atoms in total. The van der Waals surface area contributed by atoms with Crippen molar-refractivity contribution in [2.24, 2.45) is 29.4 Å². The van der Waals surface area contributed by atoms with Crippen molar-refractivity contribution in [1.82, 2.24) is 14.9 Å². The van der Waals surface area contributed by atoms with Crippen molar-refractivity contribution in [2.45, 2.75) is 36.7 Å². The molecule has 2 aliphatic heterocycles. The summed E-state index contributed by atoms with van der Waals surface area (Å²) in [5.74, 6) is -12.9. The number of aromatic hydroxyl groups is 1. The summed E-state index contributed by atoms with van der Waals surface area (Å²) in [5.41, 5.74) is 4.19. The number of nitrogens with one attached hydrogen (secondary N) is 1. The Balaban J connectivity index is 1.47. The third kappa shape index (κ3) is 5.69. The number of amides is 6. The Labute approximate surface area is 309 Å². The highest BCUT2D eigenvalue weighted by atomic mass is 35.5. The summed E-state index contributed by atoms with van der Waals surface area (Å²) < 4.78 is 84.8. The lowest BCUT2D eigenvalue weighted by Gasteiger charge is -2.50. The van der Waals surface area contributed by atoms with Crippen LogP contribution in [0.1, 0.15) is 35.4 Å². The monoisotopic (exact) mass is 797 g/mol. The number of benzene rings is 2. The van der Waals surface area contributed by atoms with Crippen LogP contribution in [0.4, 0.5) is 37.0 Å². The van der Waals surface area contributed by atoms with Gasteiger partial charge in [-0.05, 0) is 60.7 Å². The molecule has 54 heavy (non-hydrogen) atoms. The van der Waals surface area contributed by atoms with E-state index >= 15 is 4.79 Å². The average Bonchev–Trinajstić information content (AvgIpc) is 3.46. The molecule has 2 aliphatic carbocycles. The summed E-state index contributed by atoms with van der Waals surface area (Å²) in [6.07, 6.45) is -8.78. The number of phenols is 1. The van der Waals surface area contributed by atoms with Crippen LogP contribution in [0.15, 0.2) is 66.4 Å². The molecule has 6 amide bonds. The molecule has 0 radical (unpaired) electrons. The van der Waals surface area contributed by atoms with E-state index in [2.05, 4.69) is 15.1 Å². The van der Waals surface area contributed by atoms with Gasteiger partial charge < -0.3 is 15.6 Å². The number of nitrogens with zero attached hydrogens (tertiary/aromatic N) is 3. The number of hydrogen-bond acceptors (Lipinski definition) is 9. The highest BCUT2D eigenvalue weighted by molar-refractivity contribution is 6.33. The standard InChI is InChI=1S/C34H23Cl2F6N5O7/c35-15-3-1-13(2-4-15)32-21(28(50)47(30(32)52)45-26-22(36)9-14(12-44-26)33(37,38)39)11-19-17(6-7-18-24(19)29(51)46(27(18)49)31(43)53)25(32)20-10-16(5-8-23(20)48)54-34(40,41)42/h1-6,8-10,12,18-19,21,24-25,48H,7,11H2,(H2,43,53)(H,44,45). The molecule has 3 fully saturated rings. The van der Waals surface area contributed by atoms with Crippen LogP contribution in [0.25, 0.3) is 0 Å². The van der Waals surface area contributed by atoms with E-state index < -0.39 is 105 Å². The van der Waals surface area contributed by atoms with Crippen molar-refractivity contribution < 1.29 is 60.2 Å². The van der Waals surface area contributed by atoms with E-state index in [-0.39, 0.29) is 39.5 Å². The molecule has 2 aromatic carbocycles. The van der Waals surface area contributed by atoms with E-state index in [1.165, 1.54) is 30.3 Å². The van der Waals surface area contributed by atoms with Gasteiger partial charge in [0, 0.05) is 22.7 Å². The average molecular weight is 798 g/mol. The number of ether oxygens (including phenoxy) is 1. The van der Waals surface area contributed by atoms with Gasteiger partial charge in [0.1, 0.15) is 11.5 Å². The van der Waals surface area contributed by atoms with Crippen LogP contribution in [0, 0.1) is 23.7 Å². The predicted octanol–water partition coefficient (Wildman–Crippen LogP) is 6.08. The molecule has 1 aromatic heterocycles. The lowest BCUT2D eigenvalue weighted by Crippen LogP contribution is -2.53. The third-order valence-electron chi connectivity index (χ3n) is 10.3. The van der Waals surface area contributed by atoms with Gasteiger partial charge in [0.25, 0.3) is 11.8 Å². The molecule has 4 N–H and O–H groups in total. The maximum atomic E-state index is 15.1. The highest BCUT2D eigenvalue weighted by Gasteiger charge is 2.71. The van der Waals surface area contributed by atoms with Crippen LogP contribution in [0.5, 0.6) is 11.5 Å². The Morgan fingerprint density at radius 3 is 2.26 bits per heavy atom. The number of urea groups is 1. The summed E-state index contributed by atoms with van der Waals surface area (Å²) >= 11 is 12.3. The number of aromatic nitrogens is 1. The van der Waals surface area contributed by atoms with Crippen LogP contribution in [0.3, 0.4) is 0 Å². The molecule has 6 unspecified atom stereocenters. The molecule has 2 saturated heterocycles. The number of alkyl halides is 6.